The maximum atomic E-state index is 12.1. The van der Waals surface area contributed by atoms with Crippen molar-refractivity contribution < 1.29 is 4.79 Å². The van der Waals surface area contributed by atoms with Crippen molar-refractivity contribution in [2.75, 3.05) is 19.6 Å². The summed E-state index contributed by atoms with van der Waals surface area (Å²) in [5.41, 5.74) is 5.45. The van der Waals surface area contributed by atoms with Crippen molar-refractivity contribution >= 4 is 17.2 Å². The molecule has 1 amide bonds. The average Bonchev–Trinajstić information content (AvgIpc) is 2.85. The molecule has 6 heteroatoms. The molecule has 1 aromatic rings. The van der Waals surface area contributed by atoms with Crippen molar-refractivity contribution in [2.24, 2.45) is 5.73 Å². The first kappa shape index (κ1) is 14.4. The molecule has 106 valence electrons. The van der Waals surface area contributed by atoms with E-state index in [2.05, 4.69) is 15.2 Å². The van der Waals surface area contributed by atoms with E-state index in [-0.39, 0.29) is 5.91 Å². The molecule has 3 N–H and O–H groups in total. The largest absolute Gasteiger partial charge is 0.344 e. The van der Waals surface area contributed by atoms with Crippen molar-refractivity contribution in [3.05, 3.63) is 16.6 Å². The zero-order valence-corrected chi connectivity index (χ0v) is 12.4. The fraction of sp³-hybridized carbons (Fsp3) is 0.692. The van der Waals surface area contributed by atoms with Crippen molar-refractivity contribution in [3.63, 3.8) is 0 Å². The van der Waals surface area contributed by atoms with Crippen LogP contribution in [0.4, 0.5) is 0 Å². The first-order chi connectivity index (χ1) is 8.97. The monoisotopic (exact) mass is 282 g/mol. The molecule has 0 unspecified atom stereocenters. The van der Waals surface area contributed by atoms with E-state index >= 15 is 0 Å². The Morgan fingerprint density at radius 1 is 1.58 bits per heavy atom. The summed E-state index contributed by atoms with van der Waals surface area (Å²) in [4.78, 5) is 18.5. The van der Waals surface area contributed by atoms with E-state index in [4.69, 9.17) is 5.73 Å². The number of thiazole rings is 1. The predicted molar refractivity (Wildman–Crippen MR) is 76.9 cm³/mol. The molecule has 1 aromatic heterocycles. The van der Waals surface area contributed by atoms with Crippen molar-refractivity contribution in [2.45, 2.75) is 38.3 Å². The molecule has 1 aliphatic heterocycles. The van der Waals surface area contributed by atoms with Crippen molar-refractivity contribution in [3.8, 4) is 0 Å². The maximum Gasteiger partial charge on any atom is 0.234 e. The normalized spacial score (nSPS) is 18.5. The van der Waals surface area contributed by atoms with E-state index in [1.807, 2.05) is 19.2 Å². The lowest BCUT2D eigenvalue weighted by atomic mass is 10.1. The number of hydrogen-bond acceptors (Lipinski definition) is 5. The Bertz CT molecular complexity index is 410. The second kappa shape index (κ2) is 5.98. The van der Waals surface area contributed by atoms with Crippen LogP contribution in [0.3, 0.4) is 0 Å². The van der Waals surface area contributed by atoms with E-state index in [1.54, 1.807) is 17.5 Å². The van der Waals surface area contributed by atoms with Crippen LogP contribution in [0.1, 0.15) is 31.7 Å². The Balaban J connectivity index is 1.84. The minimum atomic E-state index is -0.405. The van der Waals surface area contributed by atoms with Gasteiger partial charge in [0.1, 0.15) is 5.01 Å². The summed E-state index contributed by atoms with van der Waals surface area (Å²) in [5.74, 6) is 0.0515. The first-order valence-electron chi connectivity index (χ1n) is 6.66. The number of carbonyl (C=O) groups is 1. The SMILES string of the molecule is CC(C)(NC(=O)CN1CCC(N)CC1)c1nccs1. The Labute approximate surface area is 118 Å². The third kappa shape index (κ3) is 3.99. The number of amides is 1. The first-order valence-corrected chi connectivity index (χ1v) is 7.54. The molecule has 0 radical (unpaired) electrons. The van der Waals surface area contributed by atoms with Gasteiger partial charge in [0.2, 0.25) is 5.91 Å². The minimum Gasteiger partial charge on any atom is -0.344 e. The van der Waals surface area contributed by atoms with Gasteiger partial charge in [0.15, 0.2) is 0 Å². The molecule has 19 heavy (non-hydrogen) atoms. The van der Waals surface area contributed by atoms with Gasteiger partial charge in [0.25, 0.3) is 0 Å². The number of nitrogens with two attached hydrogens (primary N) is 1. The van der Waals surface area contributed by atoms with Crippen LogP contribution in [0, 0.1) is 0 Å². The van der Waals surface area contributed by atoms with Crippen LogP contribution in [-0.4, -0.2) is 41.5 Å². The van der Waals surface area contributed by atoms with Crippen LogP contribution < -0.4 is 11.1 Å². The van der Waals surface area contributed by atoms with E-state index < -0.39 is 5.54 Å². The van der Waals surface area contributed by atoms with Crippen molar-refractivity contribution in [1.29, 1.82) is 0 Å². The molecule has 5 nitrogen and oxygen atoms in total. The van der Waals surface area contributed by atoms with Gasteiger partial charge in [-0.25, -0.2) is 4.98 Å². The molecule has 0 aromatic carbocycles. The summed E-state index contributed by atoms with van der Waals surface area (Å²) in [5, 5.41) is 5.91. The Hall–Kier alpha value is -0.980. The highest BCUT2D eigenvalue weighted by atomic mass is 32.1. The highest BCUT2D eigenvalue weighted by molar-refractivity contribution is 7.09. The third-order valence-corrected chi connectivity index (χ3v) is 4.52. The lowest BCUT2D eigenvalue weighted by Gasteiger charge is -2.31. The summed E-state index contributed by atoms with van der Waals surface area (Å²) in [7, 11) is 0. The van der Waals surface area contributed by atoms with Crippen LogP contribution in [0.25, 0.3) is 0 Å². The topological polar surface area (TPSA) is 71.2 Å². The Kier molecular flexibility index (Phi) is 4.54. The van der Waals surface area contributed by atoms with Crippen molar-refractivity contribution in [1.82, 2.24) is 15.2 Å². The molecule has 0 spiro atoms. The molecule has 1 fully saturated rings. The van der Waals surface area contributed by atoms with Gasteiger partial charge in [0.05, 0.1) is 12.1 Å². The molecule has 0 atom stereocenters. The van der Waals surface area contributed by atoms with E-state index in [1.165, 1.54) is 0 Å². The van der Waals surface area contributed by atoms with Gasteiger partial charge in [-0.1, -0.05) is 0 Å². The number of aromatic nitrogens is 1. The Morgan fingerprint density at radius 2 is 2.26 bits per heavy atom. The highest BCUT2D eigenvalue weighted by Crippen LogP contribution is 2.21. The molecular weight excluding hydrogens is 260 g/mol. The smallest absolute Gasteiger partial charge is 0.234 e. The summed E-state index contributed by atoms with van der Waals surface area (Å²) in [6.45, 7) is 6.23. The summed E-state index contributed by atoms with van der Waals surface area (Å²) in [6, 6.07) is 0.297. The fourth-order valence-corrected chi connectivity index (χ4v) is 3.01. The predicted octanol–water partition coefficient (Wildman–Crippen LogP) is 0.917. The van der Waals surface area contributed by atoms with E-state index in [9.17, 15) is 4.79 Å². The summed E-state index contributed by atoms with van der Waals surface area (Å²) < 4.78 is 0. The summed E-state index contributed by atoms with van der Waals surface area (Å²) >= 11 is 1.56. The molecular formula is C13H22N4OS. The van der Waals surface area contributed by atoms with Gasteiger partial charge in [0, 0.05) is 30.7 Å². The summed E-state index contributed by atoms with van der Waals surface area (Å²) in [6.07, 6.45) is 3.71. The number of hydrogen-bond donors (Lipinski definition) is 2. The Morgan fingerprint density at radius 3 is 2.84 bits per heavy atom. The van der Waals surface area contributed by atoms with Crippen LogP contribution in [0.5, 0.6) is 0 Å². The number of carbonyl (C=O) groups excluding carboxylic acids is 1. The van der Waals surface area contributed by atoms with E-state index in [0.29, 0.717) is 12.6 Å². The quantitative estimate of drug-likeness (QED) is 0.861. The van der Waals surface area contributed by atoms with Gasteiger partial charge >= 0.3 is 0 Å². The molecule has 2 heterocycles. The van der Waals surface area contributed by atoms with Crippen LogP contribution in [0.2, 0.25) is 0 Å². The molecule has 0 bridgehead atoms. The number of piperidine rings is 1. The minimum absolute atomic E-state index is 0.0515. The van der Waals surface area contributed by atoms with E-state index in [0.717, 1.165) is 30.9 Å². The van der Waals surface area contributed by atoms with Gasteiger partial charge in [-0.05, 0) is 26.7 Å². The number of rotatable bonds is 4. The van der Waals surface area contributed by atoms with Gasteiger partial charge in [-0.3, -0.25) is 9.69 Å². The molecule has 1 aliphatic rings. The second-order valence-electron chi connectivity index (χ2n) is 5.62. The lowest BCUT2D eigenvalue weighted by Crippen LogP contribution is -2.48. The van der Waals surface area contributed by atoms with Gasteiger partial charge in [-0.15, -0.1) is 11.3 Å². The molecule has 0 saturated carbocycles. The third-order valence-electron chi connectivity index (χ3n) is 3.42. The number of nitrogens with one attached hydrogen (secondary N) is 1. The number of likely N-dealkylation sites (tertiary alicyclic amines) is 1. The zero-order valence-electron chi connectivity index (χ0n) is 11.6. The lowest BCUT2D eigenvalue weighted by molar-refractivity contribution is -0.124. The van der Waals surface area contributed by atoms with Crippen LogP contribution in [-0.2, 0) is 10.3 Å². The zero-order chi connectivity index (χ0) is 13.9. The van der Waals surface area contributed by atoms with Crippen LogP contribution >= 0.6 is 11.3 Å². The molecule has 2 rings (SSSR count). The second-order valence-corrected chi connectivity index (χ2v) is 6.52. The van der Waals surface area contributed by atoms with Gasteiger partial charge < -0.3 is 11.1 Å². The average molecular weight is 282 g/mol. The maximum absolute atomic E-state index is 12.1. The highest BCUT2D eigenvalue weighted by Gasteiger charge is 2.26. The van der Waals surface area contributed by atoms with Gasteiger partial charge in [-0.2, -0.15) is 0 Å². The standard InChI is InChI=1S/C13H22N4OS/c1-13(2,12-15-5-8-19-12)16-11(18)9-17-6-3-10(14)4-7-17/h5,8,10H,3-4,6-7,9,14H2,1-2H3,(H,16,18). The fourth-order valence-electron chi connectivity index (χ4n) is 2.29. The van der Waals surface area contributed by atoms with Crippen LogP contribution in [0.15, 0.2) is 11.6 Å². The molecule has 0 aliphatic carbocycles. The number of nitrogens with zero attached hydrogens (tertiary/aromatic N) is 2. The molecule has 1 saturated heterocycles.